The number of phenols is 2. The second kappa shape index (κ2) is 6.56. The van der Waals surface area contributed by atoms with Gasteiger partial charge in [-0.1, -0.05) is 12.1 Å². The highest BCUT2D eigenvalue weighted by atomic mass is 16.5. The van der Waals surface area contributed by atoms with E-state index in [2.05, 4.69) is 10.3 Å². The molecule has 0 saturated heterocycles. The minimum Gasteiger partial charge on any atom is -0.504 e. The van der Waals surface area contributed by atoms with Gasteiger partial charge in [-0.3, -0.25) is 10.1 Å². The SMILES string of the molecule is CCOC(=O)Nc1cc(O)c(O)cc1-c1cc(=O)c2ccccc2[nH]1. The number of para-hydroxylation sites is 1. The van der Waals surface area contributed by atoms with Crippen LogP contribution in [0.25, 0.3) is 22.2 Å². The molecule has 0 atom stereocenters. The van der Waals surface area contributed by atoms with Crippen LogP contribution in [0.4, 0.5) is 10.5 Å². The third kappa shape index (κ3) is 3.25. The topological polar surface area (TPSA) is 112 Å². The maximum atomic E-state index is 12.3. The molecular formula is C18H16N2O5. The van der Waals surface area contributed by atoms with Crippen molar-refractivity contribution in [3.05, 3.63) is 52.7 Å². The lowest BCUT2D eigenvalue weighted by Crippen LogP contribution is -2.14. The first-order valence-corrected chi connectivity index (χ1v) is 7.61. The lowest BCUT2D eigenvalue weighted by Gasteiger charge is -2.13. The average molecular weight is 340 g/mol. The summed E-state index contributed by atoms with van der Waals surface area (Å²) in [5.41, 5.74) is 1.32. The quantitative estimate of drug-likeness (QED) is 0.432. The van der Waals surface area contributed by atoms with Crippen molar-refractivity contribution in [3.8, 4) is 22.8 Å². The number of H-pyrrole nitrogens is 1. The predicted molar refractivity (Wildman–Crippen MR) is 94.0 cm³/mol. The summed E-state index contributed by atoms with van der Waals surface area (Å²) in [6.07, 6.45) is -0.711. The largest absolute Gasteiger partial charge is 0.504 e. The van der Waals surface area contributed by atoms with Crippen molar-refractivity contribution in [1.29, 1.82) is 0 Å². The van der Waals surface area contributed by atoms with Gasteiger partial charge in [-0.05, 0) is 25.1 Å². The fourth-order valence-corrected chi connectivity index (χ4v) is 2.52. The molecular weight excluding hydrogens is 324 g/mol. The van der Waals surface area contributed by atoms with E-state index < -0.39 is 11.8 Å². The summed E-state index contributed by atoms with van der Waals surface area (Å²) in [5, 5.41) is 22.6. The molecule has 0 fully saturated rings. The molecule has 4 N–H and O–H groups in total. The van der Waals surface area contributed by atoms with Gasteiger partial charge >= 0.3 is 6.09 Å². The molecule has 0 saturated carbocycles. The number of benzene rings is 2. The van der Waals surface area contributed by atoms with Gasteiger partial charge in [0.15, 0.2) is 16.9 Å². The summed E-state index contributed by atoms with van der Waals surface area (Å²) in [5.74, 6) is -0.780. The van der Waals surface area contributed by atoms with E-state index in [1.54, 1.807) is 31.2 Å². The van der Waals surface area contributed by atoms with Crippen LogP contribution >= 0.6 is 0 Å². The van der Waals surface area contributed by atoms with Gasteiger partial charge in [-0.15, -0.1) is 0 Å². The molecule has 25 heavy (non-hydrogen) atoms. The van der Waals surface area contributed by atoms with Crippen LogP contribution in [0.15, 0.2) is 47.3 Å². The Kier molecular flexibility index (Phi) is 4.30. The molecule has 7 nitrogen and oxygen atoms in total. The molecule has 3 rings (SSSR count). The summed E-state index contributed by atoms with van der Waals surface area (Å²) in [7, 11) is 0. The van der Waals surface area contributed by atoms with Crippen LogP contribution in [0, 0.1) is 0 Å². The standard InChI is InChI=1S/C18H16N2O5/c1-2-25-18(24)20-14-9-17(23)16(22)7-11(14)13-8-15(21)10-5-3-4-6-12(10)19-13/h3-9,22-23H,2H2,1H3,(H,19,21)(H,20,24). The summed E-state index contributed by atoms with van der Waals surface area (Å²) in [4.78, 5) is 27.1. The Balaban J connectivity index is 2.17. The third-order valence-electron chi connectivity index (χ3n) is 3.65. The number of amides is 1. The van der Waals surface area contributed by atoms with Crippen LogP contribution in [-0.4, -0.2) is 27.9 Å². The van der Waals surface area contributed by atoms with Crippen molar-refractivity contribution in [3.63, 3.8) is 0 Å². The maximum absolute atomic E-state index is 12.3. The molecule has 7 heteroatoms. The summed E-state index contributed by atoms with van der Waals surface area (Å²) >= 11 is 0. The minimum atomic E-state index is -0.711. The van der Waals surface area contributed by atoms with Gasteiger partial charge in [0, 0.05) is 28.6 Å². The first-order chi connectivity index (χ1) is 12.0. The number of ether oxygens (including phenoxy) is 1. The van der Waals surface area contributed by atoms with Gasteiger partial charge in [-0.25, -0.2) is 4.79 Å². The Morgan fingerprint density at radius 2 is 1.88 bits per heavy atom. The van der Waals surface area contributed by atoms with Crippen molar-refractivity contribution in [1.82, 2.24) is 4.98 Å². The van der Waals surface area contributed by atoms with Gasteiger partial charge in [0.25, 0.3) is 0 Å². The van der Waals surface area contributed by atoms with Crippen LogP contribution in [0.2, 0.25) is 0 Å². The Morgan fingerprint density at radius 1 is 1.16 bits per heavy atom. The number of fused-ring (bicyclic) bond motifs is 1. The number of carbonyl (C=O) groups is 1. The van der Waals surface area contributed by atoms with Crippen molar-refractivity contribution in [2.75, 3.05) is 11.9 Å². The highest BCUT2D eigenvalue weighted by molar-refractivity contribution is 5.93. The van der Waals surface area contributed by atoms with Gasteiger partial charge in [0.05, 0.1) is 18.0 Å². The number of hydrogen-bond donors (Lipinski definition) is 4. The van der Waals surface area contributed by atoms with Gasteiger partial charge in [0.2, 0.25) is 0 Å². The number of pyridine rings is 1. The zero-order valence-electron chi connectivity index (χ0n) is 13.4. The Hall–Kier alpha value is -3.48. The molecule has 1 aromatic heterocycles. The first-order valence-electron chi connectivity index (χ1n) is 7.61. The molecule has 0 spiro atoms. The summed E-state index contributed by atoms with van der Waals surface area (Å²) in [6.45, 7) is 1.84. The average Bonchev–Trinajstić information content (AvgIpc) is 2.58. The zero-order chi connectivity index (χ0) is 18.0. The van der Waals surface area contributed by atoms with E-state index in [9.17, 15) is 19.8 Å². The van der Waals surface area contributed by atoms with E-state index >= 15 is 0 Å². The highest BCUT2D eigenvalue weighted by Crippen LogP contribution is 2.37. The summed E-state index contributed by atoms with van der Waals surface area (Å²) < 4.78 is 4.83. The molecule has 2 aromatic carbocycles. The number of aromatic amines is 1. The third-order valence-corrected chi connectivity index (χ3v) is 3.65. The van der Waals surface area contributed by atoms with Gasteiger partial charge < -0.3 is 19.9 Å². The van der Waals surface area contributed by atoms with Gasteiger partial charge in [0.1, 0.15) is 0 Å². The molecule has 0 aliphatic heterocycles. The fraction of sp³-hybridized carbons (Fsp3) is 0.111. The number of aromatic hydroxyl groups is 2. The molecule has 0 radical (unpaired) electrons. The number of hydrogen-bond acceptors (Lipinski definition) is 5. The summed E-state index contributed by atoms with van der Waals surface area (Å²) in [6, 6.07) is 10.8. The van der Waals surface area contributed by atoms with E-state index in [4.69, 9.17) is 4.74 Å². The molecule has 3 aromatic rings. The molecule has 0 unspecified atom stereocenters. The number of carbonyl (C=O) groups excluding carboxylic acids is 1. The molecule has 128 valence electrons. The first kappa shape index (κ1) is 16.4. The number of rotatable bonds is 3. The molecule has 0 aliphatic rings. The number of phenolic OH excluding ortho intramolecular Hbond substituents is 2. The van der Waals surface area contributed by atoms with Crippen LogP contribution in [0.1, 0.15) is 6.92 Å². The highest BCUT2D eigenvalue weighted by Gasteiger charge is 2.15. The number of anilines is 1. The molecule has 1 amide bonds. The molecule has 0 aliphatic carbocycles. The van der Waals surface area contributed by atoms with Crippen molar-refractivity contribution >= 4 is 22.7 Å². The Morgan fingerprint density at radius 3 is 2.64 bits per heavy atom. The van der Waals surface area contributed by atoms with E-state index in [0.717, 1.165) is 0 Å². The van der Waals surface area contributed by atoms with Crippen molar-refractivity contribution < 1.29 is 19.7 Å². The number of aromatic nitrogens is 1. The van der Waals surface area contributed by atoms with Crippen LogP contribution in [0.3, 0.4) is 0 Å². The Labute approximate surface area is 142 Å². The van der Waals surface area contributed by atoms with Crippen LogP contribution < -0.4 is 10.7 Å². The van der Waals surface area contributed by atoms with Crippen LogP contribution in [-0.2, 0) is 4.74 Å². The smallest absolute Gasteiger partial charge is 0.411 e. The minimum absolute atomic E-state index is 0.179. The molecule has 0 bridgehead atoms. The van der Waals surface area contributed by atoms with E-state index in [1.807, 2.05) is 0 Å². The Bertz CT molecular complexity index is 1010. The number of nitrogens with one attached hydrogen (secondary N) is 2. The van der Waals surface area contributed by atoms with Crippen LogP contribution in [0.5, 0.6) is 11.5 Å². The van der Waals surface area contributed by atoms with Gasteiger partial charge in [-0.2, -0.15) is 0 Å². The monoisotopic (exact) mass is 340 g/mol. The second-order valence-electron chi connectivity index (χ2n) is 5.32. The van der Waals surface area contributed by atoms with E-state index in [-0.39, 0.29) is 23.5 Å². The fourth-order valence-electron chi connectivity index (χ4n) is 2.52. The van der Waals surface area contributed by atoms with E-state index in [1.165, 1.54) is 18.2 Å². The second-order valence-corrected chi connectivity index (χ2v) is 5.32. The molecule has 1 heterocycles. The van der Waals surface area contributed by atoms with Crippen molar-refractivity contribution in [2.45, 2.75) is 6.92 Å². The maximum Gasteiger partial charge on any atom is 0.411 e. The van der Waals surface area contributed by atoms with Crippen molar-refractivity contribution in [2.24, 2.45) is 0 Å². The lowest BCUT2D eigenvalue weighted by molar-refractivity contribution is 0.168. The lowest BCUT2D eigenvalue weighted by atomic mass is 10.1. The zero-order valence-corrected chi connectivity index (χ0v) is 13.4. The normalized spacial score (nSPS) is 10.6. The predicted octanol–water partition coefficient (Wildman–Crippen LogP) is 3.17. The van der Waals surface area contributed by atoms with E-state index in [0.29, 0.717) is 22.2 Å².